The zero-order chi connectivity index (χ0) is 15.5. The Hall–Kier alpha value is -1.10. The molecule has 1 unspecified atom stereocenters. The molecular weight excluding hydrogens is 298 g/mol. The molecule has 2 N–H and O–H groups in total. The van der Waals surface area contributed by atoms with Crippen molar-refractivity contribution in [1.29, 1.82) is 0 Å². The molecule has 2 rings (SSSR count). The molecule has 1 aliphatic rings. The van der Waals surface area contributed by atoms with E-state index in [1.807, 2.05) is 26.1 Å². The number of nitrogens with one attached hydrogen (secondary N) is 2. The van der Waals surface area contributed by atoms with Gasteiger partial charge in [0, 0.05) is 18.8 Å². The van der Waals surface area contributed by atoms with Crippen LogP contribution in [0.25, 0.3) is 0 Å². The molecule has 0 aliphatic carbocycles. The molecule has 1 aliphatic heterocycles. The van der Waals surface area contributed by atoms with Crippen LogP contribution >= 0.6 is 12.4 Å². The van der Waals surface area contributed by atoms with Gasteiger partial charge in [0.1, 0.15) is 0 Å². The monoisotopic (exact) mass is 325 g/mol. The first-order valence-corrected chi connectivity index (χ1v) is 7.65. The van der Waals surface area contributed by atoms with E-state index in [0.717, 1.165) is 30.9 Å². The molecule has 0 saturated carbocycles. The molecule has 1 atom stereocenters. The lowest BCUT2D eigenvalue weighted by Gasteiger charge is -2.28. The lowest BCUT2D eigenvalue weighted by atomic mass is 9.89. The van der Waals surface area contributed by atoms with Gasteiger partial charge in [0.25, 0.3) is 0 Å². The van der Waals surface area contributed by atoms with Crippen molar-refractivity contribution in [1.82, 2.24) is 10.2 Å². The standard InChI is InChI=1S/C17H27N3O.ClH/c1-13-6-5-7-15(14(13)2)19-16(21)10-20(4)12-17(3)8-9-18-11-17;/h5-7,18H,8-12H2,1-4H3,(H,19,21);1H. The number of halogens is 1. The van der Waals surface area contributed by atoms with Crippen molar-refractivity contribution in [2.75, 3.05) is 38.5 Å². The number of carbonyl (C=O) groups is 1. The molecule has 22 heavy (non-hydrogen) atoms. The van der Waals surface area contributed by atoms with E-state index >= 15 is 0 Å². The summed E-state index contributed by atoms with van der Waals surface area (Å²) in [6.07, 6.45) is 1.18. The molecule has 0 spiro atoms. The van der Waals surface area contributed by atoms with E-state index < -0.39 is 0 Å². The lowest BCUT2D eigenvalue weighted by Crippen LogP contribution is -2.39. The van der Waals surface area contributed by atoms with E-state index in [2.05, 4.69) is 35.4 Å². The van der Waals surface area contributed by atoms with Gasteiger partial charge in [0.2, 0.25) is 5.91 Å². The number of amides is 1. The number of likely N-dealkylation sites (N-methyl/N-ethyl adjacent to an activating group) is 1. The Morgan fingerprint density at radius 3 is 2.77 bits per heavy atom. The van der Waals surface area contributed by atoms with Gasteiger partial charge in [-0.2, -0.15) is 0 Å². The molecule has 1 aromatic carbocycles. The zero-order valence-corrected chi connectivity index (χ0v) is 14.8. The first-order valence-electron chi connectivity index (χ1n) is 7.65. The fourth-order valence-electron chi connectivity index (χ4n) is 3.03. The van der Waals surface area contributed by atoms with Crippen LogP contribution in [0.15, 0.2) is 18.2 Å². The van der Waals surface area contributed by atoms with Gasteiger partial charge in [0.05, 0.1) is 6.54 Å². The second-order valence-corrected chi connectivity index (χ2v) is 6.71. The van der Waals surface area contributed by atoms with E-state index in [1.54, 1.807) is 0 Å². The maximum Gasteiger partial charge on any atom is 0.238 e. The largest absolute Gasteiger partial charge is 0.325 e. The Kier molecular flexibility index (Phi) is 6.85. The molecule has 1 heterocycles. The van der Waals surface area contributed by atoms with Crippen molar-refractivity contribution in [3.05, 3.63) is 29.3 Å². The highest BCUT2D eigenvalue weighted by atomic mass is 35.5. The Morgan fingerprint density at radius 2 is 2.14 bits per heavy atom. The van der Waals surface area contributed by atoms with Crippen LogP contribution in [-0.4, -0.2) is 44.0 Å². The first-order chi connectivity index (χ1) is 9.89. The second kappa shape index (κ2) is 7.95. The summed E-state index contributed by atoms with van der Waals surface area (Å²) in [5.74, 6) is 0.0563. The zero-order valence-electron chi connectivity index (χ0n) is 14.0. The highest BCUT2D eigenvalue weighted by Gasteiger charge is 2.30. The fourth-order valence-corrected chi connectivity index (χ4v) is 3.03. The number of hydrogen-bond donors (Lipinski definition) is 2. The predicted molar refractivity (Wildman–Crippen MR) is 94.9 cm³/mol. The van der Waals surface area contributed by atoms with Crippen LogP contribution < -0.4 is 10.6 Å². The van der Waals surface area contributed by atoms with Gasteiger partial charge >= 0.3 is 0 Å². The summed E-state index contributed by atoms with van der Waals surface area (Å²) in [5, 5.41) is 6.42. The van der Waals surface area contributed by atoms with Gasteiger partial charge in [0.15, 0.2) is 0 Å². The molecule has 1 fully saturated rings. The van der Waals surface area contributed by atoms with Crippen molar-refractivity contribution in [3.8, 4) is 0 Å². The summed E-state index contributed by atoms with van der Waals surface area (Å²) in [4.78, 5) is 14.3. The Bertz CT molecular complexity index is 513. The normalized spacial score (nSPS) is 20.8. The number of carbonyl (C=O) groups excluding carboxylic acids is 1. The molecule has 1 saturated heterocycles. The molecule has 4 nitrogen and oxygen atoms in total. The smallest absolute Gasteiger partial charge is 0.238 e. The number of hydrogen-bond acceptors (Lipinski definition) is 3. The van der Waals surface area contributed by atoms with Crippen LogP contribution in [0.1, 0.15) is 24.5 Å². The van der Waals surface area contributed by atoms with Gasteiger partial charge in [-0.05, 0) is 56.5 Å². The first kappa shape index (κ1) is 18.9. The van der Waals surface area contributed by atoms with Crippen LogP contribution in [0.2, 0.25) is 0 Å². The molecule has 1 aromatic rings. The summed E-state index contributed by atoms with van der Waals surface area (Å²) in [6, 6.07) is 6.00. The number of anilines is 1. The Balaban J connectivity index is 0.00000242. The molecular formula is C17H28ClN3O. The van der Waals surface area contributed by atoms with Gasteiger partial charge < -0.3 is 10.6 Å². The molecule has 0 aromatic heterocycles. The molecule has 0 bridgehead atoms. The number of benzene rings is 1. The average molecular weight is 326 g/mol. The number of aryl methyl sites for hydroxylation is 1. The molecule has 124 valence electrons. The minimum absolute atomic E-state index is 0. The SMILES string of the molecule is Cc1cccc(NC(=O)CN(C)CC2(C)CCNC2)c1C.Cl. The van der Waals surface area contributed by atoms with E-state index in [9.17, 15) is 4.79 Å². The second-order valence-electron chi connectivity index (χ2n) is 6.71. The third-order valence-corrected chi connectivity index (χ3v) is 4.40. The van der Waals surface area contributed by atoms with Crippen LogP contribution in [0.5, 0.6) is 0 Å². The van der Waals surface area contributed by atoms with Gasteiger partial charge in [-0.25, -0.2) is 0 Å². The van der Waals surface area contributed by atoms with Gasteiger partial charge in [-0.3, -0.25) is 9.69 Å². The maximum absolute atomic E-state index is 12.2. The molecule has 5 heteroatoms. The summed E-state index contributed by atoms with van der Waals surface area (Å²) in [6.45, 7) is 9.88. The van der Waals surface area contributed by atoms with Crippen molar-refractivity contribution < 1.29 is 4.79 Å². The summed E-state index contributed by atoms with van der Waals surface area (Å²) >= 11 is 0. The van der Waals surface area contributed by atoms with E-state index in [0.29, 0.717) is 6.54 Å². The minimum atomic E-state index is 0. The summed E-state index contributed by atoms with van der Waals surface area (Å²) in [5.41, 5.74) is 3.54. The van der Waals surface area contributed by atoms with E-state index in [-0.39, 0.29) is 23.7 Å². The lowest BCUT2D eigenvalue weighted by molar-refractivity contribution is -0.117. The van der Waals surface area contributed by atoms with Gasteiger partial charge in [-0.1, -0.05) is 19.1 Å². The van der Waals surface area contributed by atoms with Gasteiger partial charge in [-0.15, -0.1) is 12.4 Å². The quantitative estimate of drug-likeness (QED) is 0.874. The average Bonchev–Trinajstić information content (AvgIpc) is 2.81. The van der Waals surface area contributed by atoms with E-state index in [4.69, 9.17) is 0 Å². The van der Waals surface area contributed by atoms with Crippen molar-refractivity contribution in [2.45, 2.75) is 27.2 Å². The Morgan fingerprint density at radius 1 is 1.41 bits per heavy atom. The minimum Gasteiger partial charge on any atom is -0.325 e. The summed E-state index contributed by atoms with van der Waals surface area (Å²) in [7, 11) is 2.02. The third-order valence-electron chi connectivity index (χ3n) is 4.40. The van der Waals surface area contributed by atoms with Crippen LogP contribution in [0.3, 0.4) is 0 Å². The number of rotatable bonds is 5. The highest BCUT2D eigenvalue weighted by molar-refractivity contribution is 5.93. The highest BCUT2D eigenvalue weighted by Crippen LogP contribution is 2.25. The predicted octanol–water partition coefficient (Wildman–Crippen LogP) is 2.60. The maximum atomic E-state index is 12.2. The molecule has 0 radical (unpaired) electrons. The third kappa shape index (κ3) is 4.97. The van der Waals surface area contributed by atoms with Crippen LogP contribution in [-0.2, 0) is 4.79 Å². The van der Waals surface area contributed by atoms with Crippen molar-refractivity contribution >= 4 is 24.0 Å². The molecule has 1 amide bonds. The summed E-state index contributed by atoms with van der Waals surface area (Å²) < 4.78 is 0. The van der Waals surface area contributed by atoms with Crippen molar-refractivity contribution in [2.24, 2.45) is 5.41 Å². The fraction of sp³-hybridized carbons (Fsp3) is 0.588. The van der Waals surface area contributed by atoms with E-state index in [1.165, 1.54) is 12.0 Å². The topological polar surface area (TPSA) is 44.4 Å². The van der Waals surface area contributed by atoms with Crippen LogP contribution in [0.4, 0.5) is 5.69 Å². The van der Waals surface area contributed by atoms with Crippen molar-refractivity contribution in [3.63, 3.8) is 0 Å². The number of nitrogens with zero attached hydrogens (tertiary/aromatic N) is 1. The van der Waals surface area contributed by atoms with Crippen LogP contribution in [0, 0.1) is 19.3 Å². The Labute approximate surface area is 140 Å².